The second kappa shape index (κ2) is 9.58. The molecular weight excluding hydrogens is 503 g/mol. The quantitative estimate of drug-likeness (QED) is 0.334. The smallest absolute Gasteiger partial charge is 0.123 e. The molecule has 3 aromatic rings. The monoisotopic (exact) mass is 514 g/mol. The first kappa shape index (κ1) is 21.6. The summed E-state index contributed by atoms with van der Waals surface area (Å²) in [5.41, 5.74) is 2.17. The first-order chi connectivity index (χ1) is 13.5. The summed E-state index contributed by atoms with van der Waals surface area (Å²) < 4.78 is 8.36. The van der Waals surface area contributed by atoms with Gasteiger partial charge in [-0.05, 0) is 58.7 Å². The lowest BCUT2D eigenvalue weighted by molar-refractivity contribution is 0.0838. The Bertz CT molecular complexity index is 1050. The molecule has 0 atom stereocenters. The molecule has 0 radical (unpaired) electrons. The predicted octanol–water partition coefficient (Wildman–Crippen LogP) is 7.89. The van der Waals surface area contributed by atoms with E-state index in [1.54, 1.807) is 24.3 Å². The van der Waals surface area contributed by atoms with Crippen LogP contribution in [-0.4, -0.2) is 11.2 Å². The third-order valence-electron chi connectivity index (χ3n) is 3.92. The molecule has 0 amide bonds. The maximum atomic E-state index is 9.82. The zero-order valence-electron chi connectivity index (χ0n) is 14.7. The van der Waals surface area contributed by atoms with Crippen LogP contribution in [0.3, 0.4) is 0 Å². The van der Waals surface area contributed by atoms with E-state index in [-0.39, 0.29) is 0 Å². The fourth-order valence-corrected chi connectivity index (χ4v) is 4.84. The van der Waals surface area contributed by atoms with E-state index in [4.69, 9.17) is 39.5 Å². The average molecular weight is 517 g/mol. The van der Waals surface area contributed by atoms with Gasteiger partial charge in [0, 0.05) is 16.5 Å². The largest absolute Gasteiger partial charge is 0.361 e. The summed E-state index contributed by atoms with van der Waals surface area (Å²) in [5.74, 6) is 0. The number of aromatic nitrogens is 1. The maximum absolute atomic E-state index is 9.82. The van der Waals surface area contributed by atoms with Crippen molar-refractivity contribution in [3.8, 4) is 17.3 Å². The van der Waals surface area contributed by atoms with Crippen LogP contribution in [0, 0.1) is 11.3 Å². The Morgan fingerprint density at radius 2 is 1.82 bits per heavy atom. The van der Waals surface area contributed by atoms with Crippen molar-refractivity contribution < 1.29 is 4.74 Å². The van der Waals surface area contributed by atoms with Crippen molar-refractivity contribution in [3.05, 3.63) is 67.6 Å². The molecule has 0 aliphatic carbocycles. The molecule has 2 aromatic carbocycles. The van der Waals surface area contributed by atoms with Crippen LogP contribution in [0.2, 0.25) is 15.1 Å². The van der Waals surface area contributed by atoms with Gasteiger partial charge in [-0.2, -0.15) is 5.26 Å². The van der Waals surface area contributed by atoms with Crippen LogP contribution in [0.4, 0.5) is 0 Å². The van der Waals surface area contributed by atoms with Crippen LogP contribution in [0.1, 0.15) is 12.5 Å². The molecule has 0 aliphatic heterocycles. The summed E-state index contributed by atoms with van der Waals surface area (Å²) in [6, 6.07) is 15.1. The summed E-state index contributed by atoms with van der Waals surface area (Å²) in [5, 5.41) is 12.3. The Hall–Kier alpha value is -1.13. The van der Waals surface area contributed by atoms with Crippen LogP contribution in [0.5, 0.6) is 0 Å². The molecule has 28 heavy (non-hydrogen) atoms. The molecule has 0 bridgehead atoms. The van der Waals surface area contributed by atoms with E-state index in [9.17, 15) is 5.26 Å². The molecule has 0 saturated carbocycles. The average Bonchev–Trinajstić information content (AvgIpc) is 2.94. The number of benzene rings is 2. The van der Waals surface area contributed by atoms with Gasteiger partial charge < -0.3 is 9.30 Å². The van der Waals surface area contributed by atoms with Crippen molar-refractivity contribution in [1.82, 2.24) is 4.57 Å². The zero-order chi connectivity index (χ0) is 20.3. The van der Waals surface area contributed by atoms with E-state index in [0.29, 0.717) is 38.4 Å². The zero-order valence-corrected chi connectivity index (χ0v) is 19.3. The highest BCUT2D eigenvalue weighted by Gasteiger charge is 2.23. The predicted molar refractivity (Wildman–Crippen MR) is 120 cm³/mol. The van der Waals surface area contributed by atoms with E-state index in [2.05, 4.69) is 22.0 Å². The first-order valence-electron chi connectivity index (χ1n) is 8.25. The van der Waals surface area contributed by atoms with E-state index in [1.165, 1.54) is 11.8 Å². The molecule has 1 aromatic heterocycles. The van der Waals surface area contributed by atoms with Crippen LogP contribution in [0.25, 0.3) is 11.3 Å². The molecular formula is C20H14BrCl3N2OS. The molecule has 0 spiro atoms. The summed E-state index contributed by atoms with van der Waals surface area (Å²) >= 11 is 23.3. The Balaban J connectivity index is 2.16. The minimum absolute atomic E-state index is 0.304. The minimum Gasteiger partial charge on any atom is -0.361 e. The molecule has 0 N–H and O–H groups in total. The van der Waals surface area contributed by atoms with Gasteiger partial charge in [0.2, 0.25) is 0 Å². The van der Waals surface area contributed by atoms with Gasteiger partial charge in [-0.3, -0.25) is 0 Å². The van der Waals surface area contributed by atoms with Gasteiger partial charge >= 0.3 is 0 Å². The Morgan fingerprint density at radius 3 is 2.43 bits per heavy atom. The maximum Gasteiger partial charge on any atom is 0.123 e. The fraction of sp³-hybridized carbons (Fsp3) is 0.150. The van der Waals surface area contributed by atoms with Crippen molar-refractivity contribution in [2.24, 2.45) is 0 Å². The molecule has 8 heteroatoms. The molecule has 144 valence electrons. The highest BCUT2D eigenvalue weighted by molar-refractivity contribution is 9.10. The van der Waals surface area contributed by atoms with Crippen LogP contribution in [0.15, 0.2) is 56.9 Å². The molecule has 1 heterocycles. The molecule has 0 fully saturated rings. The molecule has 3 rings (SSSR count). The fourth-order valence-electron chi connectivity index (χ4n) is 2.63. The Morgan fingerprint density at radius 1 is 1.11 bits per heavy atom. The van der Waals surface area contributed by atoms with Gasteiger partial charge in [-0.15, -0.1) is 0 Å². The standard InChI is InChI=1S/C20H14BrCl3N2OS/c1-2-27-11-26-19(12-3-5-13(22)6-4-12)15(10-25)18(21)20(26)28-14-7-8-16(23)17(24)9-14/h3-9H,2,11H2,1H3. The van der Waals surface area contributed by atoms with Crippen molar-refractivity contribution in [2.45, 2.75) is 23.6 Å². The third-order valence-corrected chi connectivity index (χ3v) is 7.05. The molecule has 0 aliphatic rings. The summed E-state index contributed by atoms with van der Waals surface area (Å²) in [7, 11) is 0. The van der Waals surface area contributed by atoms with Crippen LogP contribution in [-0.2, 0) is 11.5 Å². The second-order valence-corrected chi connectivity index (χ2v) is 8.80. The van der Waals surface area contributed by atoms with Crippen molar-refractivity contribution >= 4 is 62.5 Å². The normalized spacial score (nSPS) is 10.9. The molecule has 0 unspecified atom stereocenters. The summed E-state index contributed by atoms with van der Waals surface area (Å²) in [6.07, 6.45) is 0. The lowest BCUT2D eigenvalue weighted by Crippen LogP contribution is -2.06. The van der Waals surface area contributed by atoms with E-state index in [1.807, 2.05) is 29.7 Å². The van der Waals surface area contributed by atoms with Gasteiger partial charge in [-0.25, -0.2) is 0 Å². The topological polar surface area (TPSA) is 38.0 Å². The third kappa shape index (κ3) is 4.54. The van der Waals surface area contributed by atoms with E-state index < -0.39 is 0 Å². The minimum atomic E-state index is 0.304. The highest BCUT2D eigenvalue weighted by Crippen LogP contribution is 2.43. The van der Waals surface area contributed by atoms with Gasteiger partial charge in [0.1, 0.15) is 12.8 Å². The van der Waals surface area contributed by atoms with Gasteiger partial charge in [-0.1, -0.05) is 58.7 Å². The van der Waals surface area contributed by atoms with Gasteiger partial charge in [0.05, 0.1) is 30.8 Å². The SMILES string of the molecule is CCOCn1c(Sc2ccc(Cl)c(Cl)c2)c(Br)c(C#N)c1-c1ccc(Cl)cc1. The van der Waals surface area contributed by atoms with Gasteiger partial charge in [0.25, 0.3) is 0 Å². The van der Waals surface area contributed by atoms with Crippen LogP contribution >= 0.6 is 62.5 Å². The first-order valence-corrected chi connectivity index (χ1v) is 11.0. The number of ether oxygens (including phenoxy) is 1. The number of halogens is 4. The second-order valence-electron chi connectivity index (χ2n) is 5.69. The molecule has 0 saturated heterocycles. The number of hydrogen-bond acceptors (Lipinski definition) is 3. The number of nitrogens with zero attached hydrogens (tertiary/aromatic N) is 2. The summed E-state index contributed by atoms with van der Waals surface area (Å²) in [4.78, 5) is 0.900. The number of hydrogen-bond donors (Lipinski definition) is 0. The molecule has 3 nitrogen and oxygen atoms in total. The van der Waals surface area contributed by atoms with Crippen molar-refractivity contribution in [3.63, 3.8) is 0 Å². The Labute approximate surface area is 191 Å². The lowest BCUT2D eigenvalue weighted by atomic mass is 10.1. The van der Waals surface area contributed by atoms with E-state index >= 15 is 0 Å². The highest BCUT2D eigenvalue weighted by atomic mass is 79.9. The summed E-state index contributed by atoms with van der Waals surface area (Å²) in [6.45, 7) is 2.78. The Kier molecular flexibility index (Phi) is 7.38. The van der Waals surface area contributed by atoms with E-state index in [0.717, 1.165) is 21.2 Å². The number of nitriles is 1. The number of rotatable bonds is 6. The lowest BCUT2D eigenvalue weighted by Gasteiger charge is -2.14. The van der Waals surface area contributed by atoms with Crippen LogP contribution < -0.4 is 0 Å². The van der Waals surface area contributed by atoms with Crippen molar-refractivity contribution in [2.75, 3.05) is 6.61 Å². The van der Waals surface area contributed by atoms with Gasteiger partial charge in [0.15, 0.2) is 0 Å². The van der Waals surface area contributed by atoms with Crippen molar-refractivity contribution in [1.29, 1.82) is 5.26 Å².